The molecule has 0 heterocycles. The third-order valence-corrected chi connectivity index (χ3v) is 9.06. The molecule has 32 heavy (non-hydrogen) atoms. The maximum Gasteiger partial charge on any atom is 0 e. The Balaban J connectivity index is -0.000000318. The van der Waals surface area contributed by atoms with Crippen molar-refractivity contribution in [2.45, 2.75) is 84.5 Å². The first-order valence-electron chi connectivity index (χ1n) is 10.1. The van der Waals surface area contributed by atoms with Crippen LogP contribution in [0, 0.1) is 20.0 Å². The number of hydrogen-bond acceptors (Lipinski definition) is 2. The summed E-state index contributed by atoms with van der Waals surface area (Å²) in [5.41, 5.74) is 0. The van der Waals surface area contributed by atoms with E-state index < -0.39 is 8.32 Å². The van der Waals surface area contributed by atoms with Gasteiger partial charge in [-0.3, -0.25) is 4.79 Å². The molecular weight excluding hydrogens is 464 g/mol. The van der Waals surface area contributed by atoms with Crippen molar-refractivity contribution in [2.75, 3.05) is 0 Å². The first kappa shape index (κ1) is 40.9. The quantitative estimate of drug-likeness (QED) is 0.0790. The number of hydrogen-bond donors (Lipinski definition) is 0. The molecule has 0 aromatic rings. The Kier molecular flexibility index (Phi) is 35.2. The Bertz CT molecular complexity index is 606. The van der Waals surface area contributed by atoms with Crippen molar-refractivity contribution in [1.82, 2.24) is 0 Å². The van der Waals surface area contributed by atoms with Gasteiger partial charge in [-0.05, 0) is 37.6 Å². The summed E-state index contributed by atoms with van der Waals surface area (Å²) in [5, 5.41) is 0.228. The molecule has 0 rings (SSSR count). The van der Waals surface area contributed by atoms with Crippen molar-refractivity contribution < 1.29 is 40.2 Å². The van der Waals surface area contributed by atoms with Crippen molar-refractivity contribution in [3.63, 3.8) is 0 Å². The summed E-state index contributed by atoms with van der Waals surface area (Å²) in [5.74, 6) is 0.0613. The van der Waals surface area contributed by atoms with Crippen LogP contribution in [0.1, 0.15) is 60.3 Å². The van der Waals surface area contributed by atoms with Gasteiger partial charge < -0.3 is 4.43 Å². The van der Waals surface area contributed by atoms with Crippen LogP contribution in [0.5, 0.6) is 0 Å². The number of ketones is 1. The predicted molar refractivity (Wildman–Crippen MR) is 125 cm³/mol. The summed E-state index contributed by atoms with van der Waals surface area (Å²) < 4.78 is 29.1. The van der Waals surface area contributed by atoms with Gasteiger partial charge in [0.05, 0.1) is 6.10 Å². The minimum absolute atomic E-state index is 0. The van der Waals surface area contributed by atoms with Crippen LogP contribution in [0.3, 0.4) is 0 Å². The van der Waals surface area contributed by atoms with Crippen LogP contribution in [0.2, 0.25) is 18.1 Å². The van der Waals surface area contributed by atoms with Gasteiger partial charge in [0, 0.05) is 17.1 Å². The molecule has 0 aliphatic heterocycles. The zero-order chi connectivity index (χ0) is 25.3. The molecule has 0 saturated carbocycles. The summed E-state index contributed by atoms with van der Waals surface area (Å²) in [6.07, 6.45) is 20.3. The third-order valence-electron chi connectivity index (χ3n) is 4.56. The summed E-state index contributed by atoms with van der Waals surface area (Å²) in [4.78, 5) is 10.8. The van der Waals surface area contributed by atoms with E-state index in [1.807, 2.05) is 24.3 Å². The van der Waals surface area contributed by atoms with Crippen LogP contribution in [0.4, 0.5) is 0 Å². The van der Waals surface area contributed by atoms with Gasteiger partial charge in [-0.2, -0.15) is 0 Å². The van der Waals surface area contributed by atoms with Crippen molar-refractivity contribution in [3.8, 4) is 0 Å². The molecule has 0 saturated heterocycles. The Morgan fingerprint density at radius 1 is 0.906 bits per heavy atom. The van der Waals surface area contributed by atoms with Crippen LogP contribution < -0.4 is 0 Å². The molecule has 0 aromatic heterocycles. The number of carbonyl (C=O) groups is 1. The van der Waals surface area contributed by atoms with E-state index in [9.17, 15) is 4.79 Å². The standard InChI is InChI=1S/C22H38O2Si.3CO.Fe/c1-8-9-14-18-21(24-25(6,7)22(3,4)5)19-16-13-11-10-12-15-17-20(2)23;3*1-2;/h10-13,15-17,19,21H,8-9,14,18H2,1-7H3;;;;/b12-10+,13-11+,17-15+,19-16+;;;;/t21-;;;;/m0..../s1. The van der Waals surface area contributed by atoms with Crippen LogP contribution in [-0.2, 0) is 40.2 Å². The summed E-state index contributed by atoms with van der Waals surface area (Å²) in [6.45, 7) is 28.8. The van der Waals surface area contributed by atoms with E-state index in [1.54, 1.807) is 19.1 Å². The first-order chi connectivity index (χ1) is 14.6. The molecule has 0 aromatic carbocycles. The van der Waals surface area contributed by atoms with Gasteiger partial charge in [0.15, 0.2) is 14.1 Å². The van der Waals surface area contributed by atoms with E-state index in [-0.39, 0.29) is 34.0 Å². The van der Waals surface area contributed by atoms with Crippen LogP contribution in [0.25, 0.3) is 0 Å². The Hall–Kier alpha value is -1.45. The van der Waals surface area contributed by atoms with Gasteiger partial charge >= 0.3 is 33.9 Å². The molecular formula is C25H38FeO5Si. The van der Waals surface area contributed by atoms with E-state index in [2.05, 4.69) is 72.9 Å². The fourth-order valence-electron chi connectivity index (χ4n) is 1.98. The van der Waals surface area contributed by atoms with E-state index in [0.29, 0.717) is 0 Å². The second-order valence-electron chi connectivity index (χ2n) is 8.04. The van der Waals surface area contributed by atoms with Gasteiger partial charge in [0.2, 0.25) is 0 Å². The summed E-state index contributed by atoms with van der Waals surface area (Å²) in [6, 6.07) is 0. The predicted octanol–water partition coefficient (Wildman–Crippen LogP) is 6.66. The molecule has 0 N–H and O–H groups in total. The minimum Gasteiger partial charge on any atom is 0 e. The van der Waals surface area contributed by atoms with Crippen molar-refractivity contribution in [3.05, 3.63) is 68.6 Å². The average Bonchev–Trinajstić information content (AvgIpc) is 2.73. The second kappa shape index (κ2) is 27.6. The Morgan fingerprint density at radius 3 is 1.75 bits per heavy atom. The van der Waals surface area contributed by atoms with E-state index in [4.69, 9.17) is 18.4 Å². The molecule has 0 unspecified atom stereocenters. The third kappa shape index (κ3) is 26.6. The average molecular weight is 503 g/mol. The molecule has 0 aliphatic carbocycles. The van der Waals surface area contributed by atoms with Gasteiger partial charge in [-0.1, -0.05) is 89.5 Å². The molecule has 180 valence electrons. The molecule has 0 spiro atoms. The van der Waals surface area contributed by atoms with Gasteiger partial charge in [0.25, 0.3) is 0 Å². The number of carbonyl (C=O) groups excluding carboxylic acids is 1. The zero-order valence-electron chi connectivity index (χ0n) is 20.4. The molecule has 0 fully saturated rings. The summed E-state index contributed by atoms with van der Waals surface area (Å²) >= 11 is 0. The van der Waals surface area contributed by atoms with Crippen LogP contribution in [0.15, 0.2) is 48.6 Å². The molecule has 0 aliphatic rings. The fraction of sp³-hybridized carbons (Fsp3) is 0.520. The van der Waals surface area contributed by atoms with Gasteiger partial charge in [-0.15, -0.1) is 0 Å². The Morgan fingerprint density at radius 2 is 1.34 bits per heavy atom. The maximum absolute atomic E-state index is 10.8. The molecule has 0 radical (unpaired) electrons. The van der Waals surface area contributed by atoms with E-state index in [0.717, 1.165) is 6.42 Å². The first-order valence-corrected chi connectivity index (χ1v) is 13.0. The van der Waals surface area contributed by atoms with Crippen LogP contribution in [-0.4, -0.2) is 20.2 Å². The van der Waals surface area contributed by atoms with Crippen LogP contribution >= 0.6 is 0 Å². The van der Waals surface area contributed by atoms with Gasteiger partial charge in [-0.25, -0.2) is 0 Å². The molecule has 7 heteroatoms. The number of rotatable bonds is 11. The summed E-state index contributed by atoms with van der Waals surface area (Å²) in [7, 11) is -1.76. The normalized spacial score (nSPS) is 12.0. The fourth-order valence-corrected chi connectivity index (χ4v) is 3.29. The smallest absolute Gasteiger partial charge is 0 e. The largest absolute Gasteiger partial charge is 0 e. The van der Waals surface area contributed by atoms with E-state index in [1.165, 1.54) is 19.3 Å². The zero-order valence-corrected chi connectivity index (χ0v) is 22.5. The minimum atomic E-state index is -1.76. The molecule has 0 amide bonds. The SMILES string of the molecule is CCCCC[C@@H](/C=C/C=C/C=C/C=C/C(C)=O)O[Si](C)(C)C(C)(C)C.[C-]#[O+].[C-]#[O+].[C-]#[O+].[Fe]. The van der Waals surface area contributed by atoms with Crippen molar-refractivity contribution >= 4 is 14.1 Å². The van der Waals surface area contributed by atoms with Crippen molar-refractivity contribution in [1.29, 1.82) is 0 Å². The second-order valence-corrected chi connectivity index (χ2v) is 12.8. The van der Waals surface area contributed by atoms with E-state index >= 15 is 0 Å². The monoisotopic (exact) mass is 502 g/mol. The Labute approximate surface area is 207 Å². The maximum atomic E-state index is 10.8. The number of allylic oxidation sites excluding steroid dienone is 7. The molecule has 5 nitrogen and oxygen atoms in total. The number of unbranched alkanes of at least 4 members (excludes halogenated alkanes) is 2. The van der Waals surface area contributed by atoms with Gasteiger partial charge in [0.1, 0.15) is 0 Å². The molecule has 0 bridgehead atoms. The molecule has 1 atom stereocenters. The van der Waals surface area contributed by atoms with Crippen molar-refractivity contribution in [2.24, 2.45) is 0 Å². The topological polar surface area (TPSA) is 86.0 Å².